The number of carbonyl (C=O) groups is 1. The van der Waals surface area contributed by atoms with Crippen molar-refractivity contribution in [3.63, 3.8) is 0 Å². The minimum atomic E-state index is -4.04. The molecule has 2 heterocycles. The molecule has 0 unspecified atom stereocenters. The average Bonchev–Trinajstić information content (AvgIpc) is 3.23. The molecule has 0 aliphatic carbocycles. The predicted octanol–water partition coefficient (Wildman–Crippen LogP) is 6.16. The van der Waals surface area contributed by atoms with Gasteiger partial charge >= 0.3 is 0 Å². The van der Waals surface area contributed by atoms with E-state index in [0.29, 0.717) is 28.6 Å². The van der Waals surface area contributed by atoms with Crippen LogP contribution in [0.1, 0.15) is 33.0 Å². The van der Waals surface area contributed by atoms with Crippen LogP contribution in [-0.2, 0) is 22.3 Å². The highest BCUT2D eigenvalue weighted by molar-refractivity contribution is 7.98. The Labute approximate surface area is 236 Å². The van der Waals surface area contributed by atoms with Gasteiger partial charge in [0.25, 0.3) is 15.9 Å². The van der Waals surface area contributed by atoms with Crippen LogP contribution in [0.3, 0.4) is 0 Å². The summed E-state index contributed by atoms with van der Waals surface area (Å²) in [5.74, 6) is 0.672. The third-order valence-electron chi connectivity index (χ3n) is 6.17. The fraction of sp³-hybridized carbons (Fsp3) is 0.138. The number of nitrogens with one attached hydrogen (secondary N) is 1. The first-order valence-corrected chi connectivity index (χ1v) is 15.0. The monoisotopic (exact) mass is 576 g/mol. The van der Waals surface area contributed by atoms with Crippen LogP contribution in [-0.4, -0.2) is 28.9 Å². The van der Waals surface area contributed by atoms with E-state index in [-0.39, 0.29) is 10.6 Å². The number of carbonyl (C=O) groups excluding carboxylic acids is 1. The van der Waals surface area contributed by atoms with Gasteiger partial charge in [-0.05, 0) is 67.4 Å². The molecule has 10 heteroatoms. The molecule has 0 radical (unpaired) electrons. The van der Waals surface area contributed by atoms with Crippen LogP contribution in [0.5, 0.6) is 0 Å². The lowest BCUT2D eigenvalue weighted by Crippen LogP contribution is -2.31. The van der Waals surface area contributed by atoms with Gasteiger partial charge in [0.1, 0.15) is 17.0 Å². The number of amides is 1. The zero-order chi connectivity index (χ0) is 27.6. The van der Waals surface area contributed by atoms with E-state index in [1.807, 2.05) is 54.8 Å². The van der Waals surface area contributed by atoms with E-state index < -0.39 is 15.9 Å². The third-order valence-corrected chi connectivity index (χ3v) is 8.95. The number of halogens is 1. The number of nitrogens with zero attached hydrogens (tertiary/aromatic N) is 3. The number of aromatic nitrogens is 3. The minimum Gasteiger partial charge on any atom is -0.308 e. The van der Waals surface area contributed by atoms with Crippen molar-refractivity contribution in [2.45, 2.75) is 35.9 Å². The van der Waals surface area contributed by atoms with Gasteiger partial charge in [-0.2, -0.15) is 0 Å². The van der Waals surface area contributed by atoms with Crippen molar-refractivity contribution in [1.29, 1.82) is 0 Å². The lowest BCUT2D eigenvalue weighted by molar-refractivity contribution is 0.0977. The normalized spacial score (nSPS) is 11.6. The predicted molar refractivity (Wildman–Crippen MR) is 155 cm³/mol. The molecule has 5 aromatic rings. The summed E-state index contributed by atoms with van der Waals surface area (Å²) in [6.07, 6.45) is 0. The number of sulfonamides is 1. The van der Waals surface area contributed by atoms with Gasteiger partial charge in [0.2, 0.25) is 0 Å². The summed E-state index contributed by atoms with van der Waals surface area (Å²) >= 11 is 8.40. The average molecular weight is 577 g/mol. The topological polar surface area (TPSA) is 94.0 Å². The fourth-order valence-corrected chi connectivity index (χ4v) is 6.13. The summed E-state index contributed by atoms with van der Waals surface area (Å²) in [6, 6.07) is 25.5. The quantitative estimate of drug-likeness (QED) is 0.222. The van der Waals surface area contributed by atoms with Gasteiger partial charge in [0.15, 0.2) is 5.65 Å². The first-order chi connectivity index (χ1) is 18.7. The number of imidazole rings is 1. The van der Waals surface area contributed by atoms with E-state index in [2.05, 4.69) is 26.8 Å². The number of pyridine rings is 1. The van der Waals surface area contributed by atoms with Gasteiger partial charge in [-0.3, -0.25) is 4.79 Å². The Morgan fingerprint density at radius 1 is 0.949 bits per heavy atom. The van der Waals surface area contributed by atoms with E-state index in [4.69, 9.17) is 11.6 Å². The molecule has 0 saturated heterocycles. The molecule has 39 heavy (non-hydrogen) atoms. The van der Waals surface area contributed by atoms with E-state index >= 15 is 0 Å². The van der Waals surface area contributed by atoms with Crippen molar-refractivity contribution >= 4 is 50.5 Å². The van der Waals surface area contributed by atoms with Crippen molar-refractivity contribution in [1.82, 2.24) is 19.3 Å². The molecule has 1 N–H and O–H groups in total. The number of hydrogen-bond donors (Lipinski definition) is 1. The molecule has 7 nitrogen and oxygen atoms in total. The molecular weight excluding hydrogens is 552 g/mol. The second-order valence-corrected chi connectivity index (χ2v) is 12.2. The number of benzene rings is 3. The van der Waals surface area contributed by atoms with E-state index in [1.54, 1.807) is 30.0 Å². The van der Waals surface area contributed by atoms with Crippen LogP contribution in [0.2, 0.25) is 5.02 Å². The van der Waals surface area contributed by atoms with Gasteiger partial charge in [-0.25, -0.2) is 23.1 Å². The largest absolute Gasteiger partial charge is 0.308 e. The van der Waals surface area contributed by atoms with Gasteiger partial charge < -0.3 is 4.57 Å². The highest BCUT2D eigenvalue weighted by Crippen LogP contribution is 2.27. The standard InChI is InChI=1S/C29H25ClN4O3S2/c1-19-8-12-24(13-9-19)39(36,37)33-29(35)27-15-14-26-28(32-27)34(20(2)31-26)17-22-11-10-21(16-25(22)30)18-38-23-6-4-3-5-7-23/h3-16H,17-18H2,1-2H3,(H,33,35). The van der Waals surface area contributed by atoms with Gasteiger partial charge in [0.05, 0.1) is 11.4 Å². The zero-order valence-corrected chi connectivity index (χ0v) is 23.6. The number of thioether (sulfide) groups is 1. The number of fused-ring (bicyclic) bond motifs is 1. The molecular formula is C29H25ClN4O3S2. The smallest absolute Gasteiger partial charge is 0.283 e. The Morgan fingerprint density at radius 3 is 2.41 bits per heavy atom. The van der Waals surface area contributed by atoms with Crippen molar-refractivity contribution in [2.24, 2.45) is 0 Å². The Morgan fingerprint density at radius 2 is 1.69 bits per heavy atom. The summed E-state index contributed by atoms with van der Waals surface area (Å²) < 4.78 is 29.4. The summed E-state index contributed by atoms with van der Waals surface area (Å²) in [4.78, 5) is 23.1. The number of aryl methyl sites for hydroxylation is 2. The molecule has 1 amide bonds. The second kappa shape index (κ2) is 11.2. The first kappa shape index (κ1) is 26.9. The SMILES string of the molecule is Cc1ccc(S(=O)(=O)NC(=O)c2ccc3nc(C)n(Cc4ccc(CSc5ccccc5)cc4Cl)c3n2)cc1. The number of hydrogen-bond acceptors (Lipinski definition) is 6. The third kappa shape index (κ3) is 6.16. The maximum Gasteiger partial charge on any atom is 0.283 e. The summed E-state index contributed by atoms with van der Waals surface area (Å²) in [5.41, 5.74) is 3.93. The van der Waals surface area contributed by atoms with Gasteiger partial charge in [-0.15, -0.1) is 11.8 Å². The van der Waals surface area contributed by atoms with Crippen molar-refractivity contribution in [2.75, 3.05) is 0 Å². The first-order valence-electron chi connectivity index (χ1n) is 12.1. The molecule has 0 fully saturated rings. The minimum absolute atomic E-state index is 0.00340. The van der Waals surface area contributed by atoms with E-state index in [1.165, 1.54) is 23.1 Å². The fourth-order valence-electron chi connectivity index (χ4n) is 4.04. The maximum absolute atomic E-state index is 12.9. The van der Waals surface area contributed by atoms with Gasteiger partial charge in [0, 0.05) is 15.7 Å². The van der Waals surface area contributed by atoms with Crippen LogP contribution in [0.25, 0.3) is 11.2 Å². The molecule has 2 aromatic heterocycles. The summed E-state index contributed by atoms with van der Waals surface area (Å²) in [6.45, 7) is 4.10. The second-order valence-electron chi connectivity index (χ2n) is 9.06. The highest BCUT2D eigenvalue weighted by Gasteiger charge is 2.21. The van der Waals surface area contributed by atoms with Crippen LogP contribution >= 0.6 is 23.4 Å². The Hall–Kier alpha value is -3.66. The molecule has 0 bridgehead atoms. The Balaban J connectivity index is 1.36. The Kier molecular flexibility index (Phi) is 7.74. The molecule has 5 rings (SSSR count). The molecule has 0 aliphatic rings. The van der Waals surface area contributed by atoms with E-state index in [0.717, 1.165) is 22.4 Å². The molecule has 198 valence electrons. The molecule has 0 saturated carbocycles. The van der Waals surface area contributed by atoms with Crippen molar-refractivity contribution in [3.8, 4) is 0 Å². The van der Waals surface area contributed by atoms with Crippen molar-refractivity contribution < 1.29 is 13.2 Å². The summed E-state index contributed by atoms with van der Waals surface area (Å²) in [5, 5.41) is 0.625. The summed E-state index contributed by atoms with van der Waals surface area (Å²) in [7, 11) is -4.04. The van der Waals surface area contributed by atoms with Crippen LogP contribution in [0.15, 0.2) is 94.7 Å². The van der Waals surface area contributed by atoms with Crippen molar-refractivity contribution in [3.05, 3.63) is 118 Å². The van der Waals surface area contributed by atoms with Crippen LogP contribution < -0.4 is 4.72 Å². The van der Waals surface area contributed by atoms with Crippen LogP contribution in [0.4, 0.5) is 0 Å². The zero-order valence-electron chi connectivity index (χ0n) is 21.3. The van der Waals surface area contributed by atoms with E-state index in [9.17, 15) is 13.2 Å². The molecule has 3 aromatic carbocycles. The van der Waals surface area contributed by atoms with Gasteiger partial charge in [-0.1, -0.05) is 59.6 Å². The number of rotatable bonds is 8. The molecule has 0 spiro atoms. The lowest BCUT2D eigenvalue weighted by Gasteiger charge is -2.11. The highest BCUT2D eigenvalue weighted by atomic mass is 35.5. The Bertz CT molecular complexity index is 1770. The molecule has 0 aliphatic heterocycles. The van der Waals surface area contributed by atoms with Crippen LogP contribution in [0, 0.1) is 13.8 Å². The molecule has 0 atom stereocenters. The maximum atomic E-state index is 12.9. The lowest BCUT2D eigenvalue weighted by atomic mass is 10.1.